The molecular weight excluding hydrogens is 426 g/mol. The first-order valence-corrected chi connectivity index (χ1v) is 10.9. The van der Waals surface area contributed by atoms with Crippen molar-refractivity contribution in [2.24, 2.45) is 0 Å². The van der Waals surface area contributed by atoms with Gasteiger partial charge >= 0.3 is 6.09 Å². The molecule has 33 heavy (non-hydrogen) atoms. The normalized spacial score (nSPS) is 21.3. The van der Waals surface area contributed by atoms with E-state index in [2.05, 4.69) is 0 Å². The van der Waals surface area contributed by atoms with E-state index in [-0.39, 0.29) is 47.9 Å². The van der Waals surface area contributed by atoms with Crippen molar-refractivity contribution in [1.29, 1.82) is 0 Å². The Bertz CT molecular complexity index is 988. The van der Waals surface area contributed by atoms with E-state index in [1.54, 1.807) is 20.8 Å². The minimum atomic E-state index is -0.917. The van der Waals surface area contributed by atoms with Crippen molar-refractivity contribution >= 4 is 17.7 Å². The van der Waals surface area contributed by atoms with Crippen LogP contribution in [0.4, 0.5) is 4.79 Å². The Labute approximate surface area is 193 Å². The summed E-state index contributed by atoms with van der Waals surface area (Å²) in [5, 5.41) is 10.1. The topological polar surface area (TPSA) is 102 Å². The molecule has 1 aromatic rings. The number of aliphatic hydroxyl groups is 1. The molecule has 0 spiro atoms. The summed E-state index contributed by atoms with van der Waals surface area (Å²) >= 11 is 0. The fourth-order valence-corrected chi connectivity index (χ4v) is 4.18. The van der Waals surface area contributed by atoms with E-state index in [4.69, 9.17) is 14.2 Å². The first kappa shape index (κ1) is 24.7. The van der Waals surface area contributed by atoms with Crippen LogP contribution in [0, 0.1) is 0 Å². The summed E-state index contributed by atoms with van der Waals surface area (Å²) in [7, 11) is 1.33. The van der Waals surface area contributed by atoms with Crippen LogP contribution in [0.15, 0.2) is 52.8 Å². The van der Waals surface area contributed by atoms with Gasteiger partial charge in [0.05, 0.1) is 39.0 Å². The van der Waals surface area contributed by atoms with Gasteiger partial charge in [-0.2, -0.15) is 0 Å². The quantitative estimate of drug-likeness (QED) is 0.655. The lowest BCUT2D eigenvalue weighted by Crippen LogP contribution is -2.57. The molecule has 1 aliphatic carbocycles. The highest BCUT2D eigenvalue weighted by Crippen LogP contribution is 2.37. The van der Waals surface area contributed by atoms with Crippen LogP contribution in [-0.4, -0.2) is 65.7 Å². The van der Waals surface area contributed by atoms with Crippen LogP contribution in [-0.2, 0) is 30.4 Å². The second-order valence-electron chi connectivity index (χ2n) is 9.15. The van der Waals surface area contributed by atoms with Gasteiger partial charge in [-0.15, -0.1) is 0 Å². The Kier molecular flexibility index (Phi) is 7.39. The molecule has 1 aliphatic heterocycles. The Balaban J connectivity index is 2.01. The molecule has 1 heterocycles. The first-order valence-electron chi connectivity index (χ1n) is 10.9. The Hall–Kier alpha value is -2.97. The van der Waals surface area contributed by atoms with Crippen LogP contribution >= 0.6 is 0 Å². The molecule has 8 nitrogen and oxygen atoms in total. The average Bonchev–Trinajstić information content (AvgIpc) is 2.76. The Morgan fingerprint density at radius 1 is 1.15 bits per heavy atom. The molecule has 0 saturated carbocycles. The van der Waals surface area contributed by atoms with Gasteiger partial charge in [-0.05, 0) is 39.7 Å². The highest BCUT2D eigenvalue weighted by Gasteiger charge is 2.48. The lowest BCUT2D eigenvalue weighted by atomic mass is 9.78. The number of allylic oxidation sites excluding steroid dienone is 2. The number of benzene rings is 1. The van der Waals surface area contributed by atoms with Crippen molar-refractivity contribution in [2.75, 3.05) is 20.3 Å². The van der Waals surface area contributed by atoms with Gasteiger partial charge in [0.2, 0.25) is 5.78 Å². The molecule has 0 radical (unpaired) electrons. The van der Waals surface area contributed by atoms with E-state index >= 15 is 0 Å². The zero-order valence-electron chi connectivity index (χ0n) is 19.7. The number of rotatable bonds is 6. The number of amides is 1. The first-order chi connectivity index (χ1) is 15.6. The van der Waals surface area contributed by atoms with Crippen molar-refractivity contribution in [2.45, 2.75) is 58.4 Å². The van der Waals surface area contributed by atoms with E-state index in [1.165, 1.54) is 18.9 Å². The molecule has 3 rings (SSSR count). The summed E-state index contributed by atoms with van der Waals surface area (Å²) in [6.07, 6.45) is -0.647. The van der Waals surface area contributed by atoms with Gasteiger partial charge in [0.25, 0.3) is 0 Å². The molecular formula is C25H31NO7. The Morgan fingerprint density at radius 3 is 2.39 bits per heavy atom. The van der Waals surface area contributed by atoms with E-state index in [1.807, 2.05) is 30.3 Å². The number of nitrogens with zero attached hydrogens (tertiary/aromatic N) is 1. The van der Waals surface area contributed by atoms with E-state index < -0.39 is 36.2 Å². The van der Waals surface area contributed by atoms with E-state index in [0.717, 1.165) is 5.56 Å². The fraction of sp³-hybridized carbons (Fsp3) is 0.480. The van der Waals surface area contributed by atoms with Crippen LogP contribution in [0.5, 0.6) is 0 Å². The molecule has 1 amide bonds. The third-order valence-corrected chi connectivity index (χ3v) is 5.64. The fourth-order valence-electron chi connectivity index (χ4n) is 4.18. The van der Waals surface area contributed by atoms with Gasteiger partial charge in [-0.25, -0.2) is 4.79 Å². The maximum Gasteiger partial charge on any atom is 0.411 e. The number of methoxy groups -OCH3 is 1. The second-order valence-corrected chi connectivity index (χ2v) is 9.15. The highest BCUT2D eigenvalue weighted by molar-refractivity contribution is 6.25. The van der Waals surface area contributed by atoms with Crippen molar-refractivity contribution in [1.82, 2.24) is 4.90 Å². The summed E-state index contributed by atoms with van der Waals surface area (Å²) in [6, 6.07) is 7.81. The van der Waals surface area contributed by atoms with Gasteiger partial charge in [-0.3, -0.25) is 14.5 Å². The molecule has 8 heteroatoms. The molecule has 0 fully saturated rings. The highest BCUT2D eigenvalue weighted by atomic mass is 16.6. The molecule has 0 saturated heterocycles. The number of hydrogen-bond acceptors (Lipinski definition) is 7. The number of Topliss-reactive ketones (excluding diaryl/α,β-unsaturated/α-hetero) is 2. The van der Waals surface area contributed by atoms with Crippen LogP contribution in [0.3, 0.4) is 0 Å². The number of carbonyl (C=O) groups is 3. The molecule has 0 bridgehead atoms. The van der Waals surface area contributed by atoms with Crippen LogP contribution in [0.1, 0.15) is 39.7 Å². The average molecular weight is 458 g/mol. The van der Waals surface area contributed by atoms with Gasteiger partial charge < -0.3 is 19.3 Å². The lowest BCUT2D eigenvalue weighted by Gasteiger charge is -2.44. The van der Waals surface area contributed by atoms with Crippen LogP contribution < -0.4 is 0 Å². The zero-order valence-corrected chi connectivity index (χ0v) is 19.7. The summed E-state index contributed by atoms with van der Waals surface area (Å²) < 4.78 is 16.7. The van der Waals surface area contributed by atoms with Crippen molar-refractivity contribution in [3.8, 4) is 0 Å². The second kappa shape index (κ2) is 9.89. The maximum atomic E-state index is 13.3. The smallest absolute Gasteiger partial charge is 0.411 e. The Morgan fingerprint density at radius 2 is 1.82 bits per heavy atom. The molecule has 0 aromatic heterocycles. The molecule has 2 unspecified atom stereocenters. The van der Waals surface area contributed by atoms with Crippen molar-refractivity contribution in [3.63, 3.8) is 0 Å². The predicted octanol–water partition coefficient (Wildman–Crippen LogP) is 2.94. The van der Waals surface area contributed by atoms with E-state index in [0.29, 0.717) is 0 Å². The van der Waals surface area contributed by atoms with Gasteiger partial charge in [0, 0.05) is 16.7 Å². The summed E-state index contributed by atoms with van der Waals surface area (Å²) in [5.74, 6) is -0.821. The molecule has 178 valence electrons. The van der Waals surface area contributed by atoms with Crippen molar-refractivity contribution < 1.29 is 33.7 Å². The van der Waals surface area contributed by atoms with E-state index in [9.17, 15) is 19.5 Å². The van der Waals surface area contributed by atoms with Crippen LogP contribution in [0.25, 0.3) is 0 Å². The summed E-state index contributed by atoms with van der Waals surface area (Å²) in [4.78, 5) is 40.9. The maximum absolute atomic E-state index is 13.3. The number of hydrogen-bond donors (Lipinski definition) is 1. The standard InChI is InChI=1S/C25H31NO7/c1-15-21(28)18-11-17(12-27)26(24(30)33-25(2,3)4)19(20(18)22(29)23(15)31-5)14-32-13-16-9-7-6-8-10-16/h6-10,17,19,27H,11-14H2,1-5H3. The monoisotopic (exact) mass is 457 g/mol. The van der Waals surface area contributed by atoms with Crippen molar-refractivity contribution in [3.05, 3.63) is 58.4 Å². The summed E-state index contributed by atoms with van der Waals surface area (Å²) in [5.41, 5.74) is 0.787. The molecule has 1 aromatic carbocycles. The zero-order chi connectivity index (χ0) is 24.3. The molecule has 2 atom stereocenters. The largest absolute Gasteiger partial charge is 0.492 e. The minimum Gasteiger partial charge on any atom is -0.492 e. The third kappa shape index (κ3) is 5.17. The number of ether oxygens (including phenoxy) is 3. The SMILES string of the molecule is COC1=C(C)C(=O)C2=C(C1=O)C(COCc1ccccc1)N(C(=O)OC(C)(C)C)C(CO)C2. The van der Waals surface area contributed by atoms with Crippen LogP contribution in [0.2, 0.25) is 0 Å². The van der Waals surface area contributed by atoms with Gasteiger partial charge in [0.15, 0.2) is 11.5 Å². The molecule has 2 aliphatic rings. The molecule has 1 N–H and O–H groups in total. The minimum absolute atomic E-state index is 0.0408. The number of aliphatic hydroxyl groups excluding tert-OH is 1. The van der Waals surface area contributed by atoms with Gasteiger partial charge in [-0.1, -0.05) is 30.3 Å². The summed E-state index contributed by atoms with van der Waals surface area (Å²) in [6.45, 7) is 6.54. The lowest BCUT2D eigenvalue weighted by molar-refractivity contribution is -0.120. The third-order valence-electron chi connectivity index (χ3n) is 5.64. The van der Waals surface area contributed by atoms with Gasteiger partial charge in [0.1, 0.15) is 5.60 Å². The predicted molar refractivity (Wildman–Crippen MR) is 120 cm³/mol. The number of carbonyl (C=O) groups excluding carboxylic acids is 3. The number of ketones is 2.